The zero-order chi connectivity index (χ0) is 21.9. The van der Waals surface area contributed by atoms with E-state index < -0.39 is 6.17 Å². The largest absolute Gasteiger partial charge is 0.494 e. The van der Waals surface area contributed by atoms with E-state index in [0.29, 0.717) is 6.61 Å². The van der Waals surface area contributed by atoms with Crippen molar-refractivity contribution in [1.82, 2.24) is 10.6 Å². The van der Waals surface area contributed by atoms with E-state index >= 15 is 0 Å². The van der Waals surface area contributed by atoms with Crippen molar-refractivity contribution < 1.29 is 14.3 Å². The first-order valence-electron chi connectivity index (χ1n) is 10.5. The monoisotopic (exact) mass is 416 g/mol. The Kier molecular flexibility index (Phi) is 8.23. The molecule has 0 fully saturated rings. The Morgan fingerprint density at radius 2 is 1.23 bits per heavy atom. The number of amides is 2. The Hall–Kier alpha value is -3.60. The van der Waals surface area contributed by atoms with Gasteiger partial charge in [0.2, 0.25) is 11.8 Å². The summed E-state index contributed by atoms with van der Waals surface area (Å²) in [5.41, 5.74) is 2.61. The van der Waals surface area contributed by atoms with Crippen LogP contribution in [0.25, 0.3) is 0 Å². The second-order valence-electron chi connectivity index (χ2n) is 7.31. The van der Waals surface area contributed by atoms with Gasteiger partial charge in [0.25, 0.3) is 0 Å². The number of carbonyl (C=O) groups is 2. The summed E-state index contributed by atoms with van der Waals surface area (Å²) >= 11 is 0. The maximum atomic E-state index is 12.7. The van der Waals surface area contributed by atoms with Crippen LogP contribution in [0.15, 0.2) is 84.9 Å². The number of hydrogen-bond acceptors (Lipinski definition) is 3. The van der Waals surface area contributed by atoms with Crippen molar-refractivity contribution in [1.29, 1.82) is 0 Å². The van der Waals surface area contributed by atoms with E-state index in [4.69, 9.17) is 4.74 Å². The van der Waals surface area contributed by atoms with Crippen LogP contribution in [0.4, 0.5) is 0 Å². The van der Waals surface area contributed by atoms with Gasteiger partial charge in [0.05, 0.1) is 19.4 Å². The molecule has 3 rings (SSSR count). The number of hydrogen-bond donors (Lipinski definition) is 2. The molecule has 2 N–H and O–H groups in total. The molecule has 0 saturated heterocycles. The van der Waals surface area contributed by atoms with Crippen molar-refractivity contribution in [2.75, 3.05) is 6.61 Å². The molecule has 0 spiro atoms. The maximum Gasteiger partial charge on any atom is 0.226 e. The van der Waals surface area contributed by atoms with E-state index in [9.17, 15) is 9.59 Å². The fourth-order valence-electron chi connectivity index (χ4n) is 3.17. The number of nitrogens with one attached hydrogen (secondary N) is 2. The molecule has 3 aromatic carbocycles. The first-order valence-corrected chi connectivity index (χ1v) is 10.5. The van der Waals surface area contributed by atoms with Crippen LogP contribution in [0.3, 0.4) is 0 Å². The fraction of sp³-hybridized carbons (Fsp3) is 0.231. The predicted molar refractivity (Wildman–Crippen MR) is 122 cm³/mol. The molecule has 0 aliphatic heterocycles. The second-order valence-corrected chi connectivity index (χ2v) is 7.31. The molecular formula is C26H28N2O3. The highest BCUT2D eigenvalue weighted by Crippen LogP contribution is 2.17. The SMILES string of the molecule is CCCOc1ccc(C(NC(=O)Cc2ccccc2)NC(=O)Cc2ccccc2)cc1. The van der Waals surface area contributed by atoms with E-state index in [0.717, 1.165) is 28.9 Å². The molecule has 0 aliphatic carbocycles. The Morgan fingerprint density at radius 1 is 0.742 bits per heavy atom. The molecule has 0 heterocycles. The smallest absolute Gasteiger partial charge is 0.226 e. The summed E-state index contributed by atoms with van der Waals surface area (Å²) in [6.45, 7) is 2.69. The molecule has 0 atom stereocenters. The summed E-state index contributed by atoms with van der Waals surface area (Å²) in [4.78, 5) is 25.3. The lowest BCUT2D eigenvalue weighted by atomic mass is 10.1. The summed E-state index contributed by atoms with van der Waals surface area (Å²) in [6, 6.07) is 26.5. The molecule has 31 heavy (non-hydrogen) atoms. The highest BCUT2D eigenvalue weighted by Gasteiger charge is 2.18. The Labute approximate surface area is 183 Å². The topological polar surface area (TPSA) is 67.4 Å². The summed E-state index contributed by atoms with van der Waals surface area (Å²) in [5, 5.41) is 5.90. The summed E-state index contributed by atoms with van der Waals surface area (Å²) in [6.07, 6.45) is 0.774. The van der Waals surface area contributed by atoms with E-state index in [2.05, 4.69) is 17.6 Å². The van der Waals surface area contributed by atoms with Crippen molar-refractivity contribution in [3.8, 4) is 5.75 Å². The molecule has 0 radical (unpaired) electrons. The van der Waals surface area contributed by atoms with Crippen LogP contribution in [0, 0.1) is 0 Å². The molecule has 2 amide bonds. The quantitative estimate of drug-likeness (QED) is 0.487. The highest BCUT2D eigenvalue weighted by atomic mass is 16.5. The van der Waals surface area contributed by atoms with Crippen molar-refractivity contribution in [2.45, 2.75) is 32.4 Å². The Bertz CT molecular complexity index is 901. The second kappa shape index (κ2) is 11.6. The molecule has 0 unspecified atom stereocenters. The molecule has 0 aliphatic rings. The standard InChI is InChI=1S/C26H28N2O3/c1-2-17-31-23-15-13-22(14-16-23)26(27-24(29)18-20-9-5-3-6-10-20)28-25(30)19-21-11-7-4-8-12-21/h3-16,26H,2,17-19H2,1H3,(H,27,29)(H,28,30). The summed E-state index contributed by atoms with van der Waals surface area (Å²) < 4.78 is 5.64. The van der Waals surface area contributed by atoms with Gasteiger partial charge in [0.15, 0.2) is 0 Å². The summed E-state index contributed by atoms with van der Waals surface area (Å²) in [7, 11) is 0. The van der Waals surface area contributed by atoms with Gasteiger partial charge in [-0.2, -0.15) is 0 Å². The van der Waals surface area contributed by atoms with Gasteiger partial charge in [0, 0.05) is 0 Å². The normalized spacial score (nSPS) is 10.5. The highest BCUT2D eigenvalue weighted by molar-refractivity contribution is 5.82. The minimum Gasteiger partial charge on any atom is -0.494 e. The van der Waals surface area contributed by atoms with Gasteiger partial charge in [-0.25, -0.2) is 0 Å². The van der Waals surface area contributed by atoms with Gasteiger partial charge in [0.1, 0.15) is 11.9 Å². The van der Waals surface area contributed by atoms with Crippen LogP contribution in [0.2, 0.25) is 0 Å². The van der Waals surface area contributed by atoms with Gasteiger partial charge in [-0.05, 0) is 35.2 Å². The first kappa shape index (κ1) is 22.1. The van der Waals surface area contributed by atoms with Crippen molar-refractivity contribution in [2.24, 2.45) is 0 Å². The third-order valence-electron chi connectivity index (χ3n) is 4.71. The molecule has 5 nitrogen and oxygen atoms in total. The number of ether oxygens (including phenoxy) is 1. The van der Waals surface area contributed by atoms with E-state index in [1.807, 2.05) is 84.9 Å². The average Bonchev–Trinajstić information content (AvgIpc) is 2.79. The third-order valence-corrected chi connectivity index (χ3v) is 4.71. The molecular weight excluding hydrogens is 388 g/mol. The minimum absolute atomic E-state index is 0.164. The van der Waals surface area contributed by atoms with E-state index in [-0.39, 0.29) is 24.7 Å². The molecule has 0 saturated carbocycles. The lowest BCUT2D eigenvalue weighted by Crippen LogP contribution is -2.42. The van der Waals surface area contributed by atoms with Crippen LogP contribution in [0.1, 0.15) is 36.2 Å². The average molecular weight is 417 g/mol. The molecule has 0 bridgehead atoms. The predicted octanol–water partition coefficient (Wildman–Crippen LogP) is 4.19. The van der Waals surface area contributed by atoms with Gasteiger partial charge in [-0.15, -0.1) is 0 Å². The van der Waals surface area contributed by atoms with E-state index in [1.54, 1.807) is 0 Å². The van der Waals surface area contributed by atoms with Crippen LogP contribution < -0.4 is 15.4 Å². The zero-order valence-corrected chi connectivity index (χ0v) is 17.7. The van der Waals surface area contributed by atoms with Crippen LogP contribution >= 0.6 is 0 Å². The third kappa shape index (κ3) is 7.30. The molecule has 3 aromatic rings. The van der Waals surface area contributed by atoms with Gasteiger partial charge in [-0.1, -0.05) is 79.7 Å². The van der Waals surface area contributed by atoms with Crippen LogP contribution in [0.5, 0.6) is 5.75 Å². The van der Waals surface area contributed by atoms with E-state index in [1.165, 1.54) is 0 Å². The lowest BCUT2D eigenvalue weighted by Gasteiger charge is -2.21. The van der Waals surface area contributed by atoms with Gasteiger partial charge < -0.3 is 15.4 Å². The number of benzene rings is 3. The van der Waals surface area contributed by atoms with Crippen LogP contribution in [-0.2, 0) is 22.4 Å². The zero-order valence-electron chi connectivity index (χ0n) is 17.7. The molecule has 0 aromatic heterocycles. The Morgan fingerprint density at radius 3 is 1.68 bits per heavy atom. The van der Waals surface area contributed by atoms with Gasteiger partial charge >= 0.3 is 0 Å². The summed E-state index contributed by atoms with van der Waals surface area (Å²) in [5.74, 6) is 0.431. The first-order chi connectivity index (χ1) is 15.1. The van der Waals surface area contributed by atoms with Crippen molar-refractivity contribution in [3.63, 3.8) is 0 Å². The number of carbonyl (C=O) groups excluding carboxylic acids is 2. The maximum absolute atomic E-state index is 12.7. The van der Waals surface area contributed by atoms with Crippen molar-refractivity contribution >= 4 is 11.8 Å². The lowest BCUT2D eigenvalue weighted by molar-refractivity contribution is -0.123. The molecule has 5 heteroatoms. The Balaban J connectivity index is 1.71. The fourth-order valence-corrected chi connectivity index (χ4v) is 3.17. The van der Waals surface area contributed by atoms with Crippen LogP contribution in [-0.4, -0.2) is 18.4 Å². The minimum atomic E-state index is -0.632. The number of rotatable bonds is 10. The van der Waals surface area contributed by atoms with Gasteiger partial charge in [-0.3, -0.25) is 9.59 Å². The molecule has 160 valence electrons. The van der Waals surface area contributed by atoms with Crippen molar-refractivity contribution in [3.05, 3.63) is 102 Å².